The van der Waals surface area contributed by atoms with E-state index in [0.717, 1.165) is 17.0 Å². The number of carbonyl (C=O) groups excluding carboxylic acids is 2. The van der Waals surface area contributed by atoms with E-state index < -0.39 is 18.2 Å². The summed E-state index contributed by atoms with van der Waals surface area (Å²) in [4.78, 5) is 28.2. The Hall–Kier alpha value is -2.67. The van der Waals surface area contributed by atoms with Crippen LogP contribution < -0.4 is 14.4 Å². The summed E-state index contributed by atoms with van der Waals surface area (Å²) in [6.45, 7) is 4.15. The minimum absolute atomic E-state index is 0.245. The Morgan fingerprint density at radius 3 is 2.55 bits per heavy atom. The minimum Gasteiger partial charge on any atom is -0.482 e. The van der Waals surface area contributed by atoms with E-state index in [9.17, 15) is 9.59 Å². The Morgan fingerprint density at radius 2 is 1.76 bits per heavy atom. The summed E-state index contributed by atoms with van der Waals surface area (Å²) >= 11 is 1.76. The van der Waals surface area contributed by atoms with Crippen LogP contribution in [0, 0.1) is 0 Å². The highest BCUT2D eigenvalue weighted by molar-refractivity contribution is 8.00. The lowest BCUT2D eigenvalue weighted by Gasteiger charge is -2.30. The van der Waals surface area contributed by atoms with Gasteiger partial charge in [-0.2, -0.15) is 0 Å². The highest BCUT2D eigenvalue weighted by Gasteiger charge is 2.36. The molecule has 2 aliphatic heterocycles. The molecule has 0 aliphatic carbocycles. The smallest absolute Gasteiger partial charge is 0.351 e. The number of hydrogen-bond donors (Lipinski definition) is 0. The predicted molar refractivity (Wildman–Crippen MR) is 111 cm³/mol. The van der Waals surface area contributed by atoms with Crippen LogP contribution in [0.2, 0.25) is 0 Å². The summed E-state index contributed by atoms with van der Waals surface area (Å²) in [5, 5.41) is 0.408. The molecule has 0 radical (unpaired) electrons. The molecule has 6 nitrogen and oxygen atoms in total. The quantitative estimate of drug-likeness (QED) is 0.716. The van der Waals surface area contributed by atoms with Gasteiger partial charge in [-0.1, -0.05) is 31.2 Å². The maximum Gasteiger partial charge on any atom is 0.351 e. The molecule has 0 saturated carbocycles. The van der Waals surface area contributed by atoms with Gasteiger partial charge < -0.3 is 19.1 Å². The molecule has 2 aliphatic rings. The first kappa shape index (κ1) is 19.6. The Labute approximate surface area is 174 Å². The number of nitrogens with zero attached hydrogens (tertiary/aromatic N) is 1. The molecule has 0 bridgehead atoms. The monoisotopic (exact) mass is 413 g/mol. The molecule has 0 aromatic heterocycles. The van der Waals surface area contributed by atoms with Gasteiger partial charge in [0.15, 0.2) is 18.1 Å². The number of rotatable bonds is 3. The first-order valence-corrected chi connectivity index (χ1v) is 10.6. The molecule has 0 saturated heterocycles. The van der Waals surface area contributed by atoms with E-state index in [1.807, 2.05) is 30.3 Å². The fourth-order valence-corrected chi connectivity index (χ4v) is 4.53. The summed E-state index contributed by atoms with van der Waals surface area (Å²) in [7, 11) is 0. The molecular formula is C22H23NO5S. The van der Waals surface area contributed by atoms with E-state index in [1.165, 1.54) is 0 Å². The third-order valence-electron chi connectivity index (χ3n) is 4.96. The summed E-state index contributed by atoms with van der Waals surface area (Å²) in [6.07, 6.45) is -0.555. The van der Waals surface area contributed by atoms with Crippen LogP contribution in [-0.2, 0) is 14.3 Å². The topological polar surface area (TPSA) is 65.1 Å². The maximum absolute atomic E-state index is 12.9. The van der Waals surface area contributed by atoms with Gasteiger partial charge in [0.1, 0.15) is 6.10 Å². The summed E-state index contributed by atoms with van der Waals surface area (Å²) < 4.78 is 16.8. The second-order valence-corrected chi connectivity index (χ2v) is 8.63. The fourth-order valence-electron chi connectivity index (χ4n) is 3.42. The van der Waals surface area contributed by atoms with E-state index in [4.69, 9.17) is 14.2 Å². The van der Waals surface area contributed by atoms with Crippen molar-refractivity contribution < 1.29 is 23.8 Å². The van der Waals surface area contributed by atoms with Crippen LogP contribution in [0.25, 0.3) is 0 Å². The van der Waals surface area contributed by atoms with Crippen LogP contribution >= 0.6 is 11.8 Å². The highest BCUT2D eigenvalue weighted by atomic mass is 32.2. The number of benzene rings is 2. The van der Waals surface area contributed by atoms with Crippen LogP contribution in [0.3, 0.4) is 0 Å². The molecule has 2 heterocycles. The number of ether oxygens (including phenoxy) is 3. The molecule has 4 rings (SSSR count). The van der Waals surface area contributed by atoms with E-state index in [2.05, 4.69) is 6.92 Å². The number of amides is 1. The zero-order valence-electron chi connectivity index (χ0n) is 16.4. The van der Waals surface area contributed by atoms with Crippen molar-refractivity contribution in [3.8, 4) is 11.5 Å². The highest BCUT2D eigenvalue weighted by Crippen LogP contribution is 2.37. The summed E-state index contributed by atoms with van der Waals surface area (Å²) in [5.41, 5.74) is 0.863. The second kappa shape index (κ2) is 8.37. The molecule has 2 aromatic carbocycles. The average molecular weight is 413 g/mol. The molecular weight excluding hydrogens is 390 g/mol. The van der Waals surface area contributed by atoms with Crippen molar-refractivity contribution in [3.05, 3.63) is 48.5 Å². The van der Waals surface area contributed by atoms with Gasteiger partial charge in [0, 0.05) is 16.7 Å². The van der Waals surface area contributed by atoms with Crippen molar-refractivity contribution in [1.82, 2.24) is 0 Å². The summed E-state index contributed by atoms with van der Waals surface area (Å²) in [6, 6.07) is 15.0. The molecule has 2 aromatic rings. The van der Waals surface area contributed by atoms with Crippen LogP contribution in [-0.4, -0.2) is 42.5 Å². The number of para-hydroxylation sites is 3. The maximum atomic E-state index is 12.9. The first-order valence-electron chi connectivity index (χ1n) is 9.68. The van der Waals surface area contributed by atoms with E-state index in [1.54, 1.807) is 41.8 Å². The van der Waals surface area contributed by atoms with Crippen molar-refractivity contribution in [2.75, 3.05) is 18.1 Å². The Morgan fingerprint density at radius 1 is 1.07 bits per heavy atom. The largest absolute Gasteiger partial charge is 0.482 e. The number of anilines is 1. The van der Waals surface area contributed by atoms with Crippen molar-refractivity contribution in [3.63, 3.8) is 0 Å². The third kappa shape index (κ3) is 4.19. The first-order chi connectivity index (χ1) is 14.0. The Bertz CT molecular complexity index is 918. The predicted octanol–water partition coefficient (Wildman–Crippen LogP) is 3.68. The van der Waals surface area contributed by atoms with Gasteiger partial charge in [0.2, 0.25) is 6.10 Å². The normalized spacial score (nSPS) is 23.0. The van der Waals surface area contributed by atoms with E-state index >= 15 is 0 Å². The number of esters is 1. The lowest BCUT2D eigenvalue weighted by atomic mass is 10.2. The number of thioether (sulfide) groups is 1. The standard InChI is InChI=1S/C22H23NO5S/c1-14-11-12-23(16-7-3-6-10-19(16)29-14)20(24)13-26-22(25)21-15(2)27-17-8-4-5-9-18(17)28-21/h3-10,14-15,21H,11-13H2,1-2H3. The minimum atomic E-state index is -0.912. The van der Waals surface area contributed by atoms with Gasteiger partial charge in [-0.05, 0) is 37.6 Å². The molecule has 1 amide bonds. The SMILES string of the molecule is CC1CCN(C(=O)COC(=O)C2Oc3ccccc3OC2C)c2ccccc2S1. The van der Waals surface area contributed by atoms with Gasteiger partial charge in [0.25, 0.3) is 5.91 Å². The summed E-state index contributed by atoms with van der Waals surface area (Å²) in [5.74, 6) is 0.232. The van der Waals surface area contributed by atoms with Crippen molar-refractivity contribution >= 4 is 29.3 Å². The van der Waals surface area contributed by atoms with Gasteiger partial charge in [-0.15, -0.1) is 11.8 Å². The molecule has 0 N–H and O–H groups in total. The van der Waals surface area contributed by atoms with E-state index in [0.29, 0.717) is 23.3 Å². The number of fused-ring (bicyclic) bond motifs is 2. The number of carbonyl (C=O) groups is 2. The van der Waals surface area contributed by atoms with Crippen molar-refractivity contribution in [1.29, 1.82) is 0 Å². The van der Waals surface area contributed by atoms with Gasteiger partial charge in [-0.25, -0.2) is 4.79 Å². The van der Waals surface area contributed by atoms with Crippen LogP contribution in [0.5, 0.6) is 11.5 Å². The molecule has 0 spiro atoms. The third-order valence-corrected chi connectivity index (χ3v) is 6.19. The van der Waals surface area contributed by atoms with Crippen LogP contribution in [0.4, 0.5) is 5.69 Å². The Balaban J connectivity index is 1.41. The molecule has 0 fully saturated rings. The fraction of sp³-hybridized carbons (Fsp3) is 0.364. The van der Waals surface area contributed by atoms with Gasteiger partial charge in [0.05, 0.1) is 5.69 Å². The molecule has 3 atom stereocenters. The Kier molecular flexibility index (Phi) is 5.67. The molecule has 7 heteroatoms. The molecule has 3 unspecified atom stereocenters. The van der Waals surface area contributed by atoms with Crippen molar-refractivity contribution in [2.45, 2.75) is 42.6 Å². The zero-order valence-corrected chi connectivity index (χ0v) is 17.2. The van der Waals surface area contributed by atoms with Crippen LogP contribution in [0.15, 0.2) is 53.4 Å². The van der Waals surface area contributed by atoms with Gasteiger partial charge >= 0.3 is 5.97 Å². The molecule has 29 heavy (non-hydrogen) atoms. The zero-order chi connectivity index (χ0) is 20.4. The molecule has 152 valence electrons. The second-order valence-electron chi connectivity index (χ2n) is 7.15. The van der Waals surface area contributed by atoms with E-state index in [-0.39, 0.29) is 12.5 Å². The van der Waals surface area contributed by atoms with Crippen molar-refractivity contribution in [2.24, 2.45) is 0 Å². The van der Waals surface area contributed by atoms with Crippen LogP contribution in [0.1, 0.15) is 20.3 Å². The number of hydrogen-bond acceptors (Lipinski definition) is 6. The lowest BCUT2D eigenvalue weighted by Crippen LogP contribution is -2.45. The van der Waals surface area contributed by atoms with Gasteiger partial charge in [-0.3, -0.25) is 4.79 Å². The average Bonchev–Trinajstić information content (AvgIpc) is 2.89. The lowest BCUT2D eigenvalue weighted by molar-refractivity contribution is -0.160.